The highest BCUT2D eigenvalue weighted by Crippen LogP contribution is 2.34. The summed E-state index contributed by atoms with van der Waals surface area (Å²) in [6.45, 7) is 17.8. The number of methoxy groups -OCH3 is 1. The van der Waals surface area contributed by atoms with Gasteiger partial charge in [0.25, 0.3) is 0 Å². The van der Waals surface area contributed by atoms with Crippen molar-refractivity contribution in [1.82, 2.24) is 5.32 Å². The molecule has 1 amide bonds. The zero-order chi connectivity index (χ0) is 38.5. The molecule has 2 aliphatic carbocycles. The predicted molar refractivity (Wildman–Crippen MR) is 201 cm³/mol. The monoisotopic (exact) mass is 725 g/mol. The summed E-state index contributed by atoms with van der Waals surface area (Å²) in [5.41, 5.74) is 5.61. The van der Waals surface area contributed by atoms with Gasteiger partial charge in [0, 0.05) is 26.0 Å². The molecule has 0 radical (unpaired) electrons. The van der Waals surface area contributed by atoms with Crippen LogP contribution in [0.4, 0.5) is 0 Å². The van der Waals surface area contributed by atoms with Crippen LogP contribution in [0.15, 0.2) is 30.3 Å². The standard InChI is InChI=1S/C42H63NO9/c1-11-27(12-2)39(45)43-24-34-36(51-40(46)28(13-3)14-4)37(52-41(47)29(15-5)16-6)38(42(48-10)49-34)50-35(44)22-20-30-18-19-31(25(7)8)23-33-26(9)17-21-32(30)33/h17-19,21,23,25,27-29,34,36-38,42H,11-16,20,22,24H2,1-10H3,(H,43,45)/t34-,36-,37+,38+,42+/m1/s1. The lowest BCUT2D eigenvalue weighted by atomic mass is 9.95. The minimum absolute atomic E-state index is 0.0335. The van der Waals surface area contributed by atoms with Crippen molar-refractivity contribution in [3.05, 3.63) is 47.0 Å². The summed E-state index contributed by atoms with van der Waals surface area (Å²) in [6, 6.07) is 10.6. The zero-order valence-electron chi connectivity index (χ0n) is 33.1. The van der Waals surface area contributed by atoms with Crippen molar-refractivity contribution in [3.63, 3.8) is 0 Å². The second kappa shape index (κ2) is 20.7. The number of rotatable bonds is 19. The summed E-state index contributed by atoms with van der Waals surface area (Å²) in [6.07, 6.45) is -1.90. The molecule has 0 aromatic rings. The van der Waals surface area contributed by atoms with Crippen molar-refractivity contribution in [2.75, 3.05) is 13.7 Å². The van der Waals surface area contributed by atoms with Crippen LogP contribution in [0.2, 0.25) is 0 Å². The zero-order valence-corrected chi connectivity index (χ0v) is 33.1. The van der Waals surface area contributed by atoms with Crippen molar-refractivity contribution in [3.8, 4) is 11.1 Å². The van der Waals surface area contributed by atoms with E-state index in [-0.39, 0.29) is 24.8 Å². The molecule has 3 rings (SSSR count). The third-order valence-electron chi connectivity index (χ3n) is 10.7. The van der Waals surface area contributed by atoms with Crippen LogP contribution in [0.5, 0.6) is 0 Å². The van der Waals surface area contributed by atoms with Crippen molar-refractivity contribution in [1.29, 1.82) is 0 Å². The van der Waals surface area contributed by atoms with Gasteiger partial charge in [0.15, 0.2) is 24.6 Å². The van der Waals surface area contributed by atoms with E-state index < -0.39 is 60.4 Å². The number of fused-ring (bicyclic) bond motifs is 1. The average molecular weight is 726 g/mol. The number of nitrogens with one attached hydrogen (secondary N) is 1. The number of hydrogen-bond acceptors (Lipinski definition) is 9. The lowest BCUT2D eigenvalue weighted by Crippen LogP contribution is -2.64. The molecule has 1 saturated heterocycles. The molecule has 1 fully saturated rings. The number of aryl methyl sites for hydroxylation is 2. The van der Waals surface area contributed by atoms with Gasteiger partial charge in [-0.1, -0.05) is 85.7 Å². The molecule has 290 valence electrons. The molecule has 1 aliphatic heterocycles. The molecule has 5 atom stereocenters. The number of hydrogen-bond donors (Lipinski definition) is 1. The summed E-state index contributed by atoms with van der Waals surface area (Å²) in [5, 5.41) is 2.94. The van der Waals surface area contributed by atoms with Crippen LogP contribution in [-0.4, -0.2) is 68.2 Å². The molecule has 0 aromatic heterocycles. The van der Waals surface area contributed by atoms with Crippen LogP contribution < -0.4 is 5.32 Å². The van der Waals surface area contributed by atoms with Gasteiger partial charge in [0.2, 0.25) is 5.91 Å². The molecule has 0 aromatic carbocycles. The van der Waals surface area contributed by atoms with Crippen LogP contribution in [-0.2, 0) is 49.3 Å². The summed E-state index contributed by atoms with van der Waals surface area (Å²) in [7, 11) is 1.41. The van der Waals surface area contributed by atoms with Crippen LogP contribution in [0.25, 0.3) is 11.1 Å². The van der Waals surface area contributed by atoms with E-state index in [0.29, 0.717) is 50.9 Å². The molecular formula is C42H63NO9. The molecule has 10 nitrogen and oxygen atoms in total. The van der Waals surface area contributed by atoms with Crippen molar-refractivity contribution in [2.45, 2.75) is 150 Å². The first-order valence-electron chi connectivity index (χ1n) is 19.5. The van der Waals surface area contributed by atoms with Gasteiger partial charge in [-0.3, -0.25) is 19.2 Å². The summed E-state index contributed by atoms with van der Waals surface area (Å²) in [4.78, 5) is 53.9. The highest BCUT2D eigenvalue weighted by molar-refractivity contribution is 5.79. The number of ether oxygens (including phenoxy) is 5. The fraction of sp³-hybridized carbons (Fsp3) is 0.667. The first-order valence-corrected chi connectivity index (χ1v) is 19.5. The van der Waals surface area contributed by atoms with E-state index in [1.54, 1.807) is 0 Å². The Bertz CT molecular complexity index is 1430. The lowest BCUT2D eigenvalue weighted by Gasteiger charge is -2.44. The molecule has 0 bridgehead atoms. The molecule has 1 heterocycles. The largest absolute Gasteiger partial charge is 0.455 e. The van der Waals surface area contributed by atoms with Crippen LogP contribution >= 0.6 is 0 Å². The Kier molecular flexibility index (Phi) is 17.1. The van der Waals surface area contributed by atoms with Crippen LogP contribution in [0, 0.1) is 24.7 Å². The van der Waals surface area contributed by atoms with Crippen LogP contribution in [0.1, 0.15) is 123 Å². The number of esters is 3. The van der Waals surface area contributed by atoms with E-state index in [1.165, 1.54) is 18.2 Å². The van der Waals surface area contributed by atoms with Gasteiger partial charge in [0.05, 0.1) is 11.8 Å². The second-order valence-electron chi connectivity index (χ2n) is 14.3. The van der Waals surface area contributed by atoms with Gasteiger partial charge in [-0.15, -0.1) is 0 Å². The summed E-state index contributed by atoms with van der Waals surface area (Å²) in [5.74, 6) is -2.37. The Balaban J connectivity index is 1.98. The fourth-order valence-corrected chi connectivity index (χ4v) is 6.94. The SMILES string of the molecule is CCC(CC)C(=O)NC[C@H]1O[C@H](OC)[C@@H](OC(=O)CCc2ccc(C(C)C)cc3c(C)ccc2-3)[C@@H](OC(=O)C(CC)CC)[C@@H]1OC(=O)C(CC)CC. The Morgan fingerprint density at radius 3 is 1.85 bits per heavy atom. The van der Waals surface area contributed by atoms with Gasteiger partial charge in [-0.05, 0) is 85.6 Å². The number of carbonyl (C=O) groups is 4. The topological polar surface area (TPSA) is 126 Å². The maximum absolute atomic E-state index is 13.7. The average Bonchev–Trinajstić information content (AvgIpc) is 3.37. The third-order valence-corrected chi connectivity index (χ3v) is 10.7. The van der Waals surface area contributed by atoms with Gasteiger partial charge < -0.3 is 29.0 Å². The van der Waals surface area contributed by atoms with Gasteiger partial charge in [-0.25, -0.2) is 0 Å². The molecule has 52 heavy (non-hydrogen) atoms. The molecule has 0 saturated carbocycles. The smallest absolute Gasteiger partial charge is 0.309 e. The normalized spacial score (nSPS) is 20.5. The van der Waals surface area contributed by atoms with E-state index in [4.69, 9.17) is 23.7 Å². The van der Waals surface area contributed by atoms with E-state index in [0.717, 1.165) is 16.7 Å². The van der Waals surface area contributed by atoms with Crippen molar-refractivity contribution in [2.24, 2.45) is 17.8 Å². The van der Waals surface area contributed by atoms with Crippen molar-refractivity contribution >= 4 is 23.8 Å². The van der Waals surface area contributed by atoms with Gasteiger partial charge in [-0.2, -0.15) is 0 Å². The number of carbonyl (C=O) groups excluding carboxylic acids is 4. The maximum Gasteiger partial charge on any atom is 0.309 e. The molecular weight excluding hydrogens is 662 g/mol. The van der Waals surface area contributed by atoms with E-state index in [9.17, 15) is 19.2 Å². The quantitative estimate of drug-likeness (QED) is 0.115. The first-order chi connectivity index (χ1) is 24.9. The number of amides is 1. The Morgan fingerprint density at radius 2 is 1.31 bits per heavy atom. The van der Waals surface area contributed by atoms with Gasteiger partial charge >= 0.3 is 17.9 Å². The molecule has 0 unspecified atom stereocenters. The fourth-order valence-electron chi connectivity index (χ4n) is 6.94. The minimum atomic E-state index is -1.25. The van der Waals surface area contributed by atoms with E-state index in [2.05, 4.69) is 56.4 Å². The molecule has 3 aliphatic rings. The first kappa shape index (κ1) is 42.9. The van der Waals surface area contributed by atoms with E-state index in [1.807, 2.05) is 41.5 Å². The highest BCUT2D eigenvalue weighted by Gasteiger charge is 2.53. The molecule has 0 spiro atoms. The maximum atomic E-state index is 13.7. The predicted octanol–water partition coefficient (Wildman–Crippen LogP) is 7.69. The van der Waals surface area contributed by atoms with Gasteiger partial charge in [0.1, 0.15) is 6.10 Å². The van der Waals surface area contributed by atoms with E-state index >= 15 is 0 Å². The summed E-state index contributed by atoms with van der Waals surface area (Å²) < 4.78 is 30.5. The lowest BCUT2D eigenvalue weighted by molar-refractivity contribution is -0.298. The highest BCUT2D eigenvalue weighted by atomic mass is 16.7. The Labute approximate surface area is 311 Å². The molecule has 1 N–H and O–H groups in total. The summed E-state index contributed by atoms with van der Waals surface area (Å²) >= 11 is 0. The third kappa shape index (κ3) is 10.8. The minimum Gasteiger partial charge on any atom is -0.455 e. The Morgan fingerprint density at radius 1 is 0.731 bits per heavy atom. The van der Waals surface area contributed by atoms with Crippen LogP contribution in [0.3, 0.4) is 0 Å². The Hall–Kier alpha value is -3.50. The van der Waals surface area contributed by atoms with Crippen molar-refractivity contribution < 1.29 is 42.9 Å². The molecule has 10 heteroatoms. The second-order valence-corrected chi connectivity index (χ2v) is 14.3.